The van der Waals surface area contributed by atoms with Crippen molar-refractivity contribution in [1.29, 1.82) is 0 Å². The van der Waals surface area contributed by atoms with Crippen molar-refractivity contribution in [3.8, 4) is 0 Å². The topological polar surface area (TPSA) is 74.8 Å². The van der Waals surface area contributed by atoms with Crippen molar-refractivity contribution >= 4 is 28.6 Å². The number of hydrogen-bond donors (Lipinski definition) is 0. The second-order valence-electron chi connectivity index (χ2n) is 6.36. The molecule has 0 saturated heterocycles. The van der Waals surface area contributed by atoms with Gasteiger partial charge in [-0.15, -0.1) is 0 Å². The van der Waals surface area contributed by atoms with E-state index in [0.717, 1.165) is 33.0 Å². The number of ether oxygens (including phenoxy) is 1. The van der Waals surface area contributed by atoms with Crippen LogP contribution in [0.3, 0.4) is 0 Å². The number of aromatic nitrogens is 5. The predicted molar refractivity (Wildman–Crippen MR) is 102 cm³/mol. The van der Waals surface area contributed by atoms with E-state index >= 15 is 0 Å². The largest absolute Gasteiger partial charge is 0.383 e. The summed E-state index contributed by atoms with van der Waals surface area (Å²) in [6, 6.07) is 2.15. The van der Waals surface area contributed by atoms with Gasteiger partial charge in [0, 0.05) is 31.1 Å². The van der Waals surface area contributed by atoms with E-state index in [4.69, 9.17) is 4.74 Å². The Bertz CT molecular complexity index is 947. The molecule has 3 aromatic rings. The maximum absolute atomic E-state index is 12.8. The number of hydrogen-bond acceptors (Lipinski definition) is 6. The fraction of sp³-hybridized carbons (Fsp3) is 0.444. The van der Waals surface area contributed by atoms with Gasteiger partial charge < -0.3 is 9.30 Å². The van der Waals surface area contributed by atoms with Gasteiger partial charge >= 0.3 is 0 Å². The second kappa shape index (κ2) is 7.59. The molecular weight excluding hydrogens is 350 g/mol. The number of rotatable bonds is 7. The van der Waals surface area contributed by atoms with Gasteiger partial charge in [-0.3, -0.25) is 9.48 Å². The lowest BCUT2D eigenvalue weighted by atomic mass is 10.2. The molecule has 0 saturated carbocycles. The summed E-state index contributed by atoms with van der Waals surface area (Å²) in [7, 11) is 3.53. The number of fused-ring (bicyclic) bond motifs is 1. The summed E-state index contributed by atoms with van der Waals surface area (Å²) < 4.78 is 9.11. The number of nitrogens with zero attached hydrogens (tertiary/aromatic N) is 5. The Morgan fingerprint density at radius 2 is 2.12 bits per heavy atom. The van der Waals surface area contributed by atoms with Crippen molar-refractivity contribution in [2.24, 2.45) is 7.05 Å². The molecule has 0 N–H and O–H groups in total. The minimum atomic E-state index is 0.0922. The third kappa shape index (κ3) is 3.39. The van der Waals surface area contributed by atoms with Gasteiger partial charge in [-0.2, -0.15) is 5.10 Å². The molecule has 0 aliphatic heterocycles. The van der Waals surface area contributed by atoms with Gasteiger partial charge in [-0.1, -0.05) is 11.8 Å². The highest BCUT2D eigenvalue weighted by molar-refractivity contribution is 8.00. The number of methoxy groups -OCH3 is 1. The highest BCUT2D eigenvalue weighted by atomic mass is 32.2. The van der Waals surface area contributed by atoms with Gasteiger partial charge in [0.1, 0.15) is 11.4 Å². The highest BCUT2D eigenvalue weighted by Crippen LogP contribution is 2.26. The molecule has 0 aliphatic rings. The van der Waals surface area contributed by atoms with E-state index in [1.165, 1.54) is 18.1 Å². The maximum Gasteiger partial charge on any atom is 0.174 e. The Morgan fingerprint density at radius 3 is 2.85 bits per heavy atom. The van der Waals surface area contributed by atoms with Gasteiger partial charge in [0.2, 0.25) is 0 Å². The number of Topliss-reactive ketones (excluding diaryl/α,β-unsaturated/α-hetero) is 1. The quantitative estimate of drug-likeness (QED) is 0.360. The van der Waals surface area contributed by atoms with Crippen molar-refractivity contribution < 1.29 is 9.53 Å². The Hall–Kier alpha value is -2.19. The van der Waals surface area contributed by atoms with Crippen LogP contribution in [0.1, 0.15) is 34.7 Å². The van der Waals surface area contributed by atoms with E-state index in [1.54, 1.807) is 18.0 Å². The molecule has 0 fully saturated rings. The molecule has 7 nitrogen and oxygen atoms in total. The summed E-state index contributed by atoms with van der Waals surface area (Å²) in [5.74, 6) is 0.416. The molecule has 1 unspecified atom stereocenters. The van der Waals surface area contributed by atoms with Crippen molar-refractivity contribution in [3.63, 3.8) is 0 Å². The molecule has 0 aromatic carbocycles. The number of carbonyl (C=O) groups excluding carboxylic acids is 1. The Labute approximate surface area is 156 Å². The first-order valence-electron chi connectivity index (χ1n) is 8.40. The summed E-state index contributed by atoms with van der Waals surface area (Å²) in [6.45, 7) is 6.71. The average Bonchev–Trinajstić information content (AvgIpc) is 3.13. The highest BCUT2D eigenvalue weighted by Gasteiger charge is 2.19. The van der Waals surface area contributed by atoms with Crippen LogP contribution in [-0.4, -0.2) is 49.6 Å². The van der Waals surface area contributed by atoms with Crippen molar-refractivity contribution in [3.05, 3.63) is 35.5 Å². The summed E-state index contributed by atoms with van der Waals surface area (Å²) >= 11 is 1.42. The molecule has 138 valence electrons. The molecule has 1 atom stereocenters. The number of thioether (sulfide) groups is 1. The molecule has 3 rings (SSSR count). The van der Waals surface area contributed by atoms with Crippen LogP contribution >= 0.6 is 11.8 Å². The first-order valence-corrected chi connectivity index (χ1v) is 9.38. The van der Waals surface area contributed by atoms with Crippen LogP contribution in [0.5, 0.6) is 0 Å². The molecule has 3 aromatic heterocycles. The van der Waals surface area contributed by atoms with Crippen LogP contribution in [0.2, 0.25) is 0 Å². The van der Waals surface area contributed by atoms with E-state index in [9.17, 15) is 4.79 Å². The summed E-state index contributed by atoms with van der Waals surface area (Å²) in [5.41, 5.74) is 3.57. The average molecular weight is 373 g/mol. The van der Waals surface area contributed by atoms with Crippen molar-refractivity contribution in [2.75, 3.05) is 19.5 Å². The summed E-state index contributed by atoms with van der Waals surface area (Å²) in [4.78, 5) is 21.3. The minimum absolute atomic E-state index is 0.0922. The van der Waals surface area contributed by atoms with Crippen LogP contribution in [0.15, 0.2) is 23.6 Å². The zero-order chi connectivity index (χ0) is 18.8. The molecule has 0 spiro atoms. The predicted octanol–water partition coefficient (Wildman–Crippen LogP) is 2.96. The third-order valence-electron chi connectivity index (χ3n) is 4.47. The van der Waals surface area contributed by atoms with Crippen molar-refractivity contribution in [1.82, 2.24) is 24.3 Å². The van der Waals surface area contributed by atoms with E-state index in [1.807, 2.05) is 27.0 Å². The molecule has 3 heterocycles. The Balaban J connectivity index is 1.79. The fourth-order valence-corrected chi connectivity index (χ4v) is 4.17. The molecule has 8 heteroatoms. The second-order valence-corrected chi connectivity index (χ2v) is 7.32. The van der Waals surface area contributed by atoms with E-state index < -0.39 is 0 Å². The van der Waals surface area contributed by atoms with Gasteiger partial charge in [0.15, 0.2) is 11.4 Å². The van der Waals surface area contributed by atoms with Crippen LogP contribution in [0, 0.1) is 13.8 Å². The number of ketones is 1. The normalized spacial score (nSPS) is 12.7. The molecule has 0 aliphatic carbocycles. The standard InChI is InChI=1S/C18H23N5O2S/c1-11-6-14(13(3)23(11)12(2)8-25-5)16(24)9-26-18-15-7-21-22(4)17(15)19-10-20-18/h6-7,10,12H,8-9H2,1-5H3. The van der Waals surface area contributed by atoms with E-state index in [-0.39, 0.29) is 11.8 Å². The zero-order valence-electron chi connectivity index (χ0n) is 15.7. The molecule has 0 amide bonds. The van der Waals surface area contributed by atoms with Crippen LogP contribution in [0.4, 0.5) is 0 Å². The summed E-state index contributed by atoms with van der Waals surface area (Å²) in [6.07, 6.45) is 3.25. The molecule has 0 radical (unpaired) electrons. The fourth-order valence-electron chi connectivity index (χ4n) is 3.32. The maximum atomic E-state index is 12.8. The molecule has 26 heavy (non-hydrogen) atoms. The van der Waals surface area contributed by atoms with Crippen molar-refractivity contribution in [2.45, 2.75) is 31.8 Å². The van der Waals surface area contributed by atoms with Gasteiger partial charge in [0.25, 0.3) is 0 Å². The van der Waals surface area contributed by atoms with E-state index in [0.29, 0.717) is 12.4 Å². The van der Waals surface area contributed by atoms with E-state index in [2.05, 4.69) is 26.6 Å². The lowest BCUT2D eigenvalue weighted by molar-refractivity contribution is 0.102. The third-order valence-corrected chi connectivity index (χ3v) is 5.47. The molecular formula is C18H23N5O2S. The monoisotopic (exact) mass is 373 g/mol. The lowest BCUT2D eigenvalue weighted by Crippen LogP contribution is -2.14. The van der Waals surface area contributed by atoms with Crippen LogP contribution in [0.25, 0.3) is 11.0 Å². The van der Waals surface area contributed by atoms with Gasteiger partial charge in [-0.05, 0) is 26.8 Å². The smallest absolute Gasteiger partial charge is 0.174 e. The first kappa shape index (κ1) is 18.6. The zero-order valence-corrected chi connectivity index (χ0v) is 16.5. The molecule has 0 bridgehead atoms. The summed E-state index contributed by atoms with van der Waals surface area (Å²) in [5, 5.41) is 5.85. The minimum Gasteiger partial charge on any atom is -0.383 e. The van der Waals surface area contributed by atoms with Gasteiger partial charge in [-0.25, -0.2) is 9.97 Å². The number of carbonyl (C=O) groups is 1. The lowest BCUT2D eigenvalue weighted by Gasteiger charge is -2.17. The van der Waals surface area contributed by atoms with Gasteiger partial charge in [0.05, 0.1) is 30.0 Å². The first-order chi connectivity index (χ1) is 12.4. The van der Waals surface area contributed by atoms with Crippen LogP contribution in [-0.2, 0) is 11.8 Å². The SMILES string of the molecule is COCC(C)n1c(C)cc(C(=O)CSc2ncnc3c2cnn3C)c1C. The number of aryl methyl sites for hydroxylation is 2. The Morgan fingerprint density at radius 1 is 1.35 bits per heavy atom. The Kier molecular flexibility index (Phi) is 5.43. The van der Waals surface area contributed by atoms with Crippen LogP contribution < -0.4 is 0 Å².